The Morgan fingerprint density at radius 3 is 2.21 bits per heavy atom. The maximum atomic E-state index is 11.5. The topological polar surface area (TPSA) is 170 Å². The van der Waals surface area contributed by atoms with E-state index in [0.717, 1.165) is 5.39 Å². The van der Waals surface area contributed by atoms with Gasteiger partial charge >= 0.3 is 0 Å². The smallest absolute Gasteiger partial charge is 0.296 e. The lowest BCUT2D eigenvalue weighted by Gasteiger charge is -2.07. The van der Waals surface area contributed by atoms with Gasteiger partial charge in [-0.3, -0.25) is 4.55 Å². The number of hydrogen-bond donors (Lipinski definition) is 4. The van der Waals surface area contributed by atoms with E-state index >= 15 is 0 Å². The lowest BCUT2D eigenvalue weighted by Crippen LogP contribution is -1.97. The Kier molecular flexibility index (Phi) is 5.97. The summed E-state index contributed by atoms with van der Waals surface area (Å²) in [5, 5.41) is 38.1. The Morgan fingerprint density at radius 1 is 0.765 bits per heavy atom. The average Bonchev–Trinajstić information content (AvgIpc) is 2.79. The Morgan fingerprint density at radius 2 is 1.44 bits per heavy atom. The minimum atomic E-state index is -4.48. The molecule has 34 heavy (non-hydrogen) atoms. The average molecular weight is 478 g/mol. The highest BCUT2D eigenvalue weighted by Crippen LogP contribution is 2.40. The number of anilines is 1. The third kappa shape index (κ3) is 4.56. The first-order valence-electron chi connectivity index (χ1n) is 9.89. The maximum Gasteiger partial charge on any atom is 0.296 e. The molecule has 0 atom stereocenters. The van der Waals surface area contributed by atoms with Crippen LogP contribution in [0.2, 0.25) is 0 Å². The summed E-state index contributed by atoms with van der Waals surface area (Å²) in [5.41, 5.74) is 7.41. The van der Waals surface area contributed by atoms with E-state index in [2.05, 4.69) is 20.5 Å². The number of aryl methyl sites for hydroxylation is 1. The molecule has 4 aromatic carbocycles. The van der Waals surface area contributed by atoms with Gasteiger partial charge in [-0.25, -0.2) is 0 Å². The van der Waals surface area contributed by atoms with Crippen molar-refractivity contribution in [2.45, 2.75) is 11.8 Å². The highest BCUT2D eigenvalue weighted by atomic mass is 32.2. The molecular weight excluding hydrogens is 458 g/mol. The van der Waals surface area contributed by atoms with E-state index in [-0.39, 0.29) is 39.1 Å². The molecular formula is C23H19N5O5S. The molecule has 0 amide bonds. The number of rotatable bonds is 5. The fourth-order valence-electron chi connectivity index (χ4n) is 3.29. The Hall–Kier alpha value is -4.35. The van der Waals surface area contributed by atoms with Crippen LogP contribution in [-0.4, -0.2) is 23.2 Å². The van der Waals surface area contributed by atoms with Gasteiger partial charge in [0.2, 0.25) is 0 Å². The molecule has 0 saturated heterocycles. The van der Waals surface area contributed by atoms with E-state index in [9.17, 15) is 23.2 Å². The number of nitrogens with two attached hydrogens (primary N) is 1. The van der Waals surface area contributed by atoms with Crippen molar-refractivity contribution in [2.24, 2.45) is 20.5 Å². The van der Waals surface area contributed by atoms with Crippen molar-refractivity contribution in [3.63, 3.8) is 0 Å². The highest BCUT2D eigenvalue weighted by molar-refractivity contribution is 7.86. The minimum absolute atomic E-state index is 0.0568. The fourth-order valence-corrected chi connectivity index (χ4v) is 3.91. The van der Waals surface area contributed by atoms with Gasteiger partial charge in [0.15, 0.2) is 5.75 Å². The number of aromatic hydroxyl groups is 2. The summed E-state index contributed by atoms with van der Waals surface area (Å²) in [7, 11) is -4.48. The number of phenolic OH excluding ortho intramolecular Hbond substituents is 2. The zero-order valence-corrected chi connectivity index (χ0v) is 18.6. The van der Waals surface area contributed by atoms with Crippen LogP contribution >= 0.6 is 0 Å². The molecule has 0 saturated carbocycles. The highest BCUT2D eigenvalue weighted by Gasteiger charge is 2.15. The van der Waals surface area contributed by atoms with Gasteiger partial charge in [0.1, 0.15) is 27.7 Å². The first-order valence-corrected chi connectivity index (χ1v) is 11.3. The molecule has 172 valence electrons. The van der Waals surface area contributed by atoms with Gasteiger partial charge in [-0.15, -0.1) is 15.3 Å². The van der Waals surface area contributed by atoms with E-state index in [1.54, 1.807) is 37.3 Å². The van der Waals surface area contributed by atoms with Crippen LogP contribution in [0.1, 0.15) is 5.56 Å². The van der Waals surface area contributed by atoms with Gasteiger partial charge in [0.25, 0.3) is 10.1 Å². The van der Waals surface area contributed by atoms with Crippen LogP contribution in [0.3, 0.4) is 0 Å². The molecule has 0 aliphatic carbocycles. The quantitative estimate of drug-likeness (QED) is 0.151. The molecule has 0 radical (unpaired) electrons. The second-order valence-corrected chi connectivity index (χ2v) is 8.74. The van der Waals surface area contributed by atoms with Gasteiger partial charge in [-0.05, 0) is 48.2 Å². The fraction of sp³-hybridized carbons (Fsp3) is 0.0435. The van der Waals surface area contributed by atoms with Crippen LogP contribution < -0.4 is 5.73 Å². The number of nitrogen functional groups attached to an aromatic ring is 1. The number of phenols is 2. The third-order valence-corrected chi connectivity index (χ3v) is 5.90. The summed E-state index contributed by atoms with van der Waals surface area (Å²) in [5.74, 6) is -0.385. The van der Waals surface area contributed by atoms with Crippen LogP contribution in [0.15, 0.2) is 92.1 Å². The lowest BCUT2D eigenvalue weighted by atomic mass is 10.1. The summed E-state index contributed by atoms with van der Waals surface area (Å²) in [6, 6.07) is 17.0. The third-order valence-electron chi connectivity index (χ3n) is 5.00. The first-order chi connectivity index (χ1) is 16.1. The van der Waals surface area contributed by atoms with Crippen molar-refractivity contribution in [1.82, 2.24) is 0 Å². The number of nitrogens with zero attached hydrogens (tertiary/aromatic N) is 4. The van der Waals surface area contributed by atoms with Gasteiger partial charge in [0.05, 0.1) is 5.69 Å². The molecule has 10 nitrogen and oxygen atoms in total. The first kappa shape index (κ1) is 22.8. The van der Waals surface area contributed by atoms with Crippen molar-refractivity contribution in [1.29, 1.82) is 0 Å². The van der Waals surface area contributed by atoms with Crippen molar-refractivity contribution in [3.8, 4) is 11.5 Å². The molecule has 0 unspecified atom stereocenters. The van der Waals surface area contributed by atoms with E-state index in [1.165, 1.54) is 30.3 Å². The van der Waals surface area contributed by atoms with Crippen LogP contribution in [0, 0.1) is 6.92 Å². The van der Waals surface area contributed by atoms with Crippen LogP contribution in [0.25, 0.3) is 10.8 Å². The largest absolute Gasteiger partial charge is 0.506 e. The zero-order valence-electron chi connectivity index (χ0n) is 17.8. The van der Waals surface area contributed by atoms with Gasteiger partial charge < -0.3 is 15.9 Å². The minimum Gasteiger partial charge on any atom is -0.506 e. The monoisotopic (exact) mass is 477 g/mol. The summed E-state index contributed by atoms with van der Waals surface area (Å²) < 4.78 is 32.3. The molecule has 4 aromatic rings. The van der Waals surface area contributed by atoms with Crippen LogP contribution in [0.5, 0.6) is 11.5 Å². The maximum absolute atomic E-state index is 11.5. The summed E-state index contributed by atoms with van der Waals surface area (Å²) in [6.07, 6.45) is 0. The van der Waals surface area contributed by atoms with E-state index < -0.39 is 10.1 Å². The van der Waals surface area contributed by atoms with E-state index in [4.69, 9.17) is 5.73 Å². The lowest BCUT2D eigenvalue weighted by molar-refractivity contribution is 0.475. The second kappa shape index (κ2) is 8.89. The SMILES string of the molecule is Cc1cc(N=Nc2ccc3cccc(N)c3c2O)c(O)cc1N=Nc1ccccc1S(=O)(=O)O. The summed E-state index contributed by atoms with van der Waals surface area (Å²) in [6.45, 7) is 1.69. The molecule has 11 heteroatoms. The summed E-state index contributed by atoms with van der Waals surface area (Å²) >= 11 is 0. The van der Waals surface area contributed by atoms with Crippen LogP contribution in [-0.2, 0) is 10.1 Å². The van der Waals surface area contributed by atoms with Crippen molar-refractivity contribution in [2.75, 3.05) is 5.73 Å². The summed E-state index contributed by atoms with van der Waals surface area (Å²) in [4.78, 5) is -0.387. The Labute approximate surface area is 194 Å². The predicted octanol–water partition coefficient (Wildman–Crippen LogP) is 6.22. The molecule has 0 bridgehead atoms. The number of benzene rings is 4. The zero-order chi connectivity index (χ0) is 24.5. The number of azo groups is 2. The molecule has 0 heterocycles. The molecule has 0 aromatic heterocycles. The standard InChI is InChI=1S/C23H19N5O5S/c1-13-11-19(28-26-17-10-9-14-5-4-6-15(24)22(14)23(17)30)20(29)12-18(13)27-25-16-7-2-3-8-21(16)34(31,32)33/h2-12,29-30H,24H2,1H3,(H,31,32,33). The van der Waals surface area contributed by atoms with E-state index in [1.807, 2.05) is 6.07 Å². The molecule has 0 aliphatic rings. The molecule has 0 spiro atoms. The van der Waals surface area contributed by atoms with Crippen molar-refractivity contribution >= 4 is 49.3 Å². The Balaban J connectivity index is 1.65. The van der Waals surface area contributed by atoms with Gasteiger partial charge in [0, 0.05) is 17.1 Å². The van der Waals surface area contributed by atoms with Gasteiger partial charge in [-0.2, -0.15) is 13.5 Å². The number of hydrogen-bond acceptors (Lipinski definition) is 9. The van der Waals surface area contributed by atoms with Crippen LogP contribution in [0.4, 0.5) is 28.4 Å². The molecule has 0 aliphatic heterocycles. The Bertz CT molecular complexity index is 1580. The normalized spacial score (nSPS) is 12.2. The molecule has 4 rings (SSSR count). The molecule has 5 N–H and O–H groups in total. The van der Waals surface area contributed by atoms with Crippen molar-refractivity contribution < 1.29 is 23.2 Å². The second-order valence-electron chi connectivity index (χ2n) is 7.35. The molecule has 0 fully saturated rings. The van der Waals surface area contributed by atoms with E-state index in [0.29, 0.717) is 16.6 Å². The van der Waals surface area contributed by atoms with Gasteiger partial charge in [-0.1, -0.05) is 30.3 Å². The number of fused-ring (bicyclic) bond motifs is 1. The predicted molar refractivity (Wildman–Crippen MR) is 127 cm³/mol. The van der Waals surface area contributed by atoms with Crippen molar-refractivity contribution in [3.05, 3.63) is 72.3 Å².